The molecule has 16 heavy (non-hydrogen) atoms. The zero-order chi connectivity index (χ0) is 11.7. The van der Waals surface area contributed by atoms with Crippen LogP contribution in [0.3, 0.4) is 0 Å². The fourth-order valence-electron chi connectivity index (χ4n) is 1.85. The Kier molecular flexibility index (Phi) is 2.78. The molecule has 0 saturated heterocycles. The molecule has 2 rings (SSSR count). The van der Waals surface area contributed by atoms with Gasteiger partial charge in [-0.2, -0.15) is 10.2 Å². The first-order chi connectivity index (χ1) is 7.63. The van der Waals surface area contributed by atoms with Crippen molar-refractivity contribution in [3.8, 4) is 0 Å². The summed E-state index contributed by atoms with van der Waals surface area (Å²) in [5, 5.41) is 8.52. The van der Waals surface area contributed by atoms with Gasteiger partial charge in [0.15, 0.2) is 0 Å². The number of hydrogen-bond donors (Lipinski definition) is 1. The minimum atomic E-state index is -0.176. The zero-order valence-electron chi connectivity index (χ0n) is 9.88. The van der Waals surface area contributed by atoms with Gasteiger partial charge < -0.3 is 5.73 Å². The standard InChI is InChI=1S/C11H17N5/c1-4-8-7-10(16(3)14-8)11(12)9-5-6-13-15(9)2/h5-7,11H,4,12H2,1-3H3. The van der Waals surface area contributed by atoms with Gasteiger partial charge in [-0.3, -0.25) is 9.36 Å². The molecule has 1 unspecified atom stereocenters. The number of aromatic nitrogens is 4. The highest BCUT2D eigenvalue weighted by Gasteiger charge is 2.16. The largest absolute Gasteiger partial charge is 0.318 e. The van der Waals surface area contributed by atoms with Crippen molar-refractivity contribution < 1.29 is 0 Å². The molecule has 0 radical (unpaired) electrons. The van der Waals surface area contributed by atoms with Gasteiger partial charge in [-0.05, 0) is 18.6 Å². The van der Waals surface area contributed by atoms with E-state index in [4.69, 9.17) is 5.73 Å². The maximum absolute atomic E-state index is 6.21. The van der Waals surface area contributed by atoms with Gasteiger partial charge in [0.1, 0.15) is 0 Å². The molecule has 0 saturated carbocycles. The molecule has 2 aromatic heterocycles. The molecule has 86 valence electrons. The van der Waals surface area contributed by atoms with E-state index in [1.807, 2.05) is 24.8 Å². The number of hydrogen-bond acceptors (Lipinski definition) is 3. The Morgan fingerprint density at radius 2 is 2.06 bits per heavy atom. The average Bonchev–Trinajstić information content (AvgIpc) is 2.83. The lowest BCUT2D eigenvalue weighted by Gasteiger charge is -2.11. The summed E-state index contributed by atoms with van der Waals surface area (Å²) in [6.07, 6.45) is 2.68. The van der Waals surface area contributed by atoms with E-state index in [2.05, 4.69) is 23.2 Å². The van der Waals surface area contributed by atoms with Crippen LogP contribution in [0.1, 0.15) is 30.0 Å². The molecule has 0 aliphatic rings. The van der Waals surface area contributed by atoms with E-state index in [0.29, 0.717) is 0 Å². The first-order valence-electron chi connectivity index (χ1n) is 5.39. The van der Waals surface area contributed by atoms with E-state index in [1.54, 1.807) is 10.9 Å². The van der Waals surface area contributed by atoms with Crippen molar-refractivity contribution >= 4 is 0 Å². The van der Waals surface area contributed by atoms with Crippen LogP contribution in [0.15, 0.2) is 18.3 Å². The molecule has 0 aliphatic heterocycles. The lowest BCUT2D eigenvalue weighted by molar-refractivity contribution is 0.619. The Balaban J connectivity index is 2.37. The lowest BCUT2D eigenvalue weighted by Crippen LogP contribution is -2.18. The van der Waals surface area contributed by atoms with E-state index in [-0.39, 0.29) is 6.04 Å². The second-order valence-corrected chi connectivity index (χ2v) is 3.90. The second kappa shape index (κ2) is 4.09. The molecule has 5 heteroatoms. The van der Waals surface area contributed by atoms with Crippen LogP contribution < -0.4 is 5.73 Å². The molecule has 0 spiro atoms. The predicted molar refractivity (Wildman–Crippen MR) is 61.8 cm³/mol. The average molecular weight is 219 g/mol. The molecule has 0 bridgehead atoms. The van der Waals surface area contributed by atoms with Crippen LogP contribution in [0.4, 0.5) is 0 Å². The third-order valence-corrected chi connectivity index (χ3v) is 2.82. The number of nitrogens with zero attached hydrogens (tertiary/aromatic N) is 4. The Hall–Kier alpha value is -1.62. The minimum Gasteiger partial charge on any atom is -0.318 e. The summed E-state index contributed by atoms with van der Waals surface area (Å²) in [6.45, 7) is 2.09. The first-order valence-corrected chi connectivity index (χ1v) is 5.39. The fourth-order valence-corrected chi connectivity index (χ4v) is 1.85. The molecule has 5 nitrogen and oxygen atoms in total. The summed E-state index contributed by atoms with van der Waals surface area (Å²) in [4.78, 5) is 0. The van der Waals surface area contributed by atoms with Crippen molar-refractivity contribution in [1.82, 2.24) is 19.6 Å². The summed E-state index contributed by atoms with van der Waals surface area (Å²) in [7, 11) is 3.82. The Morgan fingerprint density at radius 3 is 2.56 bits per heavy atom. The molecule has 0 amide bonds. The second-order valence-electron chi connectivity index (χ2n) is 3.90. The summed E-state index contributed by atoms with van der Waals surface area (Å²) in [5.74, 6) is 0. The van der Waals surface area contributed by atoms with E-state index < -0.39 is 0 Å². The number of rotatable bonds is 3. The van der Waals surface area contributed by atoms with Gasteiger partial charge in [-0.25, -0.2) is 0 Å². The molecule has 0 fully saturated rings. The third kappa shape index (κ3) is 1.74. The van der Waals surface area contributed by atoms with Gasteiger partial charge in [-0.1, -0.05) is 6.92 Å². The van der Waals surface area contributed by atoms with E-state index in [1.165, 1.54) is 0 Å². The molecule has 0 aromatic carbocycles. The Bertz CT molecular complexity index is 482. The van der Waals surface area contributed by atoms with Crippen LogP contribution >= 0.6 is 0 Å². The third-order valence-electron chi connectivity index (χ3n) is 2.82. The van der Waals surface area contributed by atoms with Crippen molar-refractivity contribution in [2.24, 2.45) is 19.8 Å². The highest BCUT2D eigenvalue weighted by molar-refractivity contribution is 5.23. The van der Waals surface area contributed by atoms with E-state index in [0.717, 1.165) is 23.5 Å². The van der Waals surface area contributed by atoms with Crippen molar-refractivity contribution in [2.45, 2.75) is 19.4 Å². The highest BCUT2D eigenvalue weighted by Crippen LogP contribution is 2.19. The first kappa shape index (κ1) is 10.9. The zero-order valence-corrected chi connectivity index (χ0v) is 9.88. The SMILES string of the molecule is CCc1cc(C(N)c2ccnn2C)n(C)n1. The quantitative estimate of drug-likeness (QED) is 0.829. The molecule has 0 aliphatic carbocycles. The van der Waals surface area contributed by atoms with Gasteiger partial charge in [0.25, 0.3) is 0 Å². The Morgan fingerprint density at radius 1 is 1.31 bits per heavy atom. The molecule has 2 N–H and O–H groups in total. The van der Waals surface area contributed by atoms with E-state index >= 15 is 0 Å². The van der Waals surface area contributed by atoms with Crippen LogP contribution in [0.5, 0.6) is 0 Å². The van der Waals surface area contributed by atoms with Crippen LogP contribution in [0.2, 0.25) is 0 Å². The van der Waals surface area contributed by atoms with Gasteiger partial charge in [0.2, 0.25) is 0 Å². The van der Waals surface area contributed by atoms with Crippen LogP contribution in [-0.2, 0) is 20.5 Å². The topological polar surface area (TPSA) is 61.7 Å². The fraction of sp³-hybridized carbons (Fsp3) is 0.455. The monoisotopic (exact) mass is 219 g/mol. The highest BCUT2D eigenvalue weighted by atomic mass is 15.3. The maximum Gasteiger partial charge on any atom is 0.0893 e. The maximum atomic E-state index is 6.21. The molecule has 2 aromatic rings. The van der Waals surface area contributed by atoms with Gasteiger partial charge in [-0.15, -0.1) is 0 Å². The summed E-state index contributed by atoms with van der Waals surface area (Å²) < 4.78 is 3.64. The number of nitrogens with two attached hydrogens (primary N) is 1. The van der Waals surface area contributed by atoms with Crippen LogP contribution in [-0.4, -0.2) is 19.6 Å². The smallest absolute Gasteiger partial charge is 0.0893 e. The predicted octanol–water partition coefficient (Wildman–Crippen LogP) is 0.764. The minimum absolute atomic E-state index is 0.176. The van der Waals surface area contributed by atoms with Gasteiger partial charge in [0, 0.05) is 20.3 Å². The molecule has 1 atom stereocenters. The summed E-state index contributed by atoms with van der Waals surface area (Å²) >= 11 is 0. The van der Waals surface area contributed by atoms with Crippen molar-refractivity contribution in [3.05, 3.63) is 35.4 Å². The van der Waals surface area contributed by atoms with Crippen molar-refractivity contribution in [2.75, 3.05) is 0 Å². The summed E-state index contributed by atoms with van der Waals surface area (Å²) in [5.41, 5.74) is 9.28. The molecular formula is C11H17N5. The van der Waals surface area contributed by atoms with Gasteiger partial charge in [0.05, 0.1) is 23.1 Å². The van der Waals surface area contributed by atoms with Crippen molar-refractivity contribution in [3.63, 3.8) is 0 Å². The normalized spacial score (nSPS) is 13.0. The van der Waals surface area contributed by atoms with E-state index in [9.17, 15) is 0 Å². The van der Waals surface area contributed by atoms with Crippen LogP contribution in [0.25, 0.3) is 0 Å². The summed E-state index contributed by atoms with van der Waals surface area (Å²) in [6, 6.07) is 3.81. The lowest BCUT2D eigenvalue weighted by atomic mass is 10.1. The van der Waals surface area contributed by atoms with Crippen molar-refractivity contribution in [1.29, 1.82) is 0 Å². The van der Waals surface area contributed by atoms with Gasteiger partial charge >= 0.3 is 0 Å². The molecular weight excluding hydrogens is 202 g/mol. The molecule has 2 heterocycles. The van der Waals surface area contributed by atoms with Crippen LogP contribution in [0, 0.1) is 0 Å². The number of aryl methyl sites for hydroxylation is 3. The Labute approximate surface area is 94.9 Å².